The average Bonchev–Trinajstić information content (AvgIpc) is 3.37. The molecule has 39 heavy (non-hydrogen) atoms. The van der Waals surface area contributed by atoms with Gasteiger partial charge in [-0.05, 0) is 64.7 Å². The van der Waals surface area contributed by atoms with Crippen LogP contribution in [0.25, 0.3) is 39.0 Å². The first-order valence-electron chi connectivity index (χ1n) is 12.2. The zero-order chi connectivity index (χ0) is 26.4. The maximum Gasteiger partial charge on any atom is 0.252 e. The third-order valence-electron chi connectivity index (χ3n) is 7.74. The van der Waals surface area contributed by atoms with Crippen LogP contribution < -0.4 is 11.3 Å². The van der Waals surface area contributed by atoms with Gasteiger partial charge >= 0.3 is 0 Å². The molecule has 13 heteroatoms. The van der Waals surface area contributed by atoms with Gasteiger partial charge in [0, 0.05) is 39.2 Å². The SMILES string of the molecule is Nc1n[nH]c2c(F)c(-c3cnc(C4C5CC5c5cc(-c6cc(Cl)ccc6-n6cnnn6)cc(=O)n54)[nH]3)ccc12. The van der Waals surface area contributed by atoms with Crippen LogP contribution in [-0.2, 0) is 0 Å². The first-order chi connectivity index (χ1) is 19.0. The lowest BCUT2D eigenvalue weighted by Gasteiger charge is -2.18. The van der Waals surface area contributed by atoms with Gasteiger partial charge in [0.1, 0.15) is 17.7 Å². The van der Waals surface area contributed by atoms with Gasteiger partial charge in [-0.25, -0.2) is 9.37 Å². The molecule has 1 aliphatic carbocycles. The predicted octanol–water partition coefficient (Wildman–Crippen LogP) is 3.84. The number of anilines is 1. The summed E-state index contributed by atoms with van der Waals surface area (Å²) < 4.78 is 18.6. The van der Waals surface area contributed by atoms with Gasteiger partial charge in [-0.15, -0.1) is 5.10 Å². The first-order valence-corrected chi connectivity index (χ1v) is 12.6. The molecule has 5 heterocycles. The molecule has 0 saturated heterocycles. The van der Waals surface area contributed by atoms with Gasteiger partial charge in [-0.1, -0.05) is 11.6 Å². The number of nitrogens with two attached hydrogens (primary N) is 1. The number of nitrogens with zero attached hydrogens (tertiary/aromatic N) is 7. The maximum atomic E-state index is 15.3. The summed E-state index contributed by atoms with van der Waals surface area (Å²) in [6.07, 6.45) is 4.03. The quantitative estimate of drug-likeness (QED) is 0.307. The van der Waals surface area contributed by atoms with Crippen LogP contribution in [0.15, 0.2) is 59.8 Å². The lowest BCUT2D eigenvalue weighted by molar-refractivity contribution is 0.514. The van der Waals surface area contributed by atoms with Crippen molar-refractivity contribution in [3.63, 3.8) is 0 Å². The number of aromatic amines is 2. The van der Waals surface area contributed by atoms with E-state index in [1.54, 1.807) is 41.1 Å². The molecule has 3 unspecified atom stereocenters. The van der Waals surface area contributed by atoms with Crippen molar-refractivity contribution < 1.29 is 4.39 Å². The lowest BCUT2D eigenvalue weighted by atomic mass is 10.0. The Morgan fingerprint density at radius 1 is 1.13 bits per heavy atom. The molecule has 1 aliphatic heterocycles. The molecule has 2 aliphatic rings. The summed E-state index contributed by atoms with van der Waals surface area (Å²) in [6.45, 7) is 0. The smallest absolute Gasteiger partial charge is 0.252 e. The molecule has 8 rings (SSSR count). The van der Waals surface area contributed by atoms with Crippen molar-refractivity contribution in [3.05, 3.63) is 87.7 Å². The minimum absolute atomic E-state index is 0.152. The molecular weight excluding hydrogens is 523 g/mol. The number of fused-ring (bicyclic) bond motifs is 4. The Hall–Kier alpha value is -4.84. The molecule has 0 amide bonds. The van der Waals surface area contributed by atoms with Crippen LogP contribution in [0.5, 0.6) is 0 Å². The Morgan fingerprint density at radius 2 is 2.03 bits per heavy atom. The number of benzene rings is 2. The fourth-order valence-electron chi connectivity index (χ4n) is 5.88. The van der Waals surface area contributed by atoms with Gasteiger partial charge in [0.25, 0.3) is 5.56 Å². The Kier molecular flexibility index (Phi) is 4.45. The van der Waals surface area contributed by atoms with E-state index in [0.29, 0.717) is 33.2 Å². The van der Waals surface area contributed by atoms with Crippen molar-refractivity contribution in [2.45, 2.75) is 18.4 Å². The number of rotatable bonds is 4. The van der Waals surface area contributed by atoms with Gasteiger partial charge in [0.2, 0.25) is 0 Å². The molecule has 2 aromatic carbocycles. The number of aromatic nitrogens is 9. The van der Waals surface area contributed by atoms with Crippen molar-refractivity contribution in [2.24, 2.45) is 5.92 Å². The lowest BCUT2D eigenvalue weighted by Crippen LogP contribution is -2.26. The summed E-state index contributed by atoms with van der Waals surface area (Å²) >= 11 is 6.33. The number of hydrogen-bond acceptors (Lipinski definition) is 7. The van der Waals surface area contributed by atoms with Gasteiger partial charge in [-0.3, -0.25) is 9.89 Å². The normalized spacial score (nSPS) is 19.4. The summed E-state index contributed by atoms with van der Waals surface area (Å²) in [4.78, 5) is 21.4. The summed E-state index contributed by atoms with van der Waals surface area (Å²) in [7, 11) is 0. The molecule has 1 fully saturated rings. The molecular formula is C26H18ClFN10O. The number of tetrazole rings is 1. The standard InChI is InChI=1S/C26H18ClFN10O/c27-12-1-4-19(37-10-31-35-36-37)15(7-12)11-5-20-16-8-17(16)24(38(20)21(39)6-11)26-30-9-18(32-26)13-2-3-14-23(22(13)28)33-34-25(14)29/h1-7,9-10,16-17,24H,8H2,(H,30,32)(H3,29,33,34). The number of nitrogen functional groups attached to an aromatic ring is 1. The number of imidazole rings is 1. The van der Waals surface area contributed by atoms with Crippen LogP contribution in [-0.4, -0.2) is 44.9 Å². The number of pyridine rings is 1. The average molecular weight is 541 g/mol. The van der Waals surface area contributed by atoms with Gasteiger partial charge in [0.05, 0.1) is 23.6 Å². The van der Waals surface area contributed by atoms with E-state index in [9.17, 15) is 4.79 Å². The molecule has 0 spiro atoms. The van der Waals surface area contributed by atoms with E-state index in [2.05, 4.69) is 35.7 Å². The molecule has 0 bridgehead atoms. The van der Waals surface area contributed by atoms with E-state index in [-0.39, 0.29) is 34.8 Å². The third kappa shape index (κ3) is 3.21. The van der Waals surface area contributed by atoms with Crippen LogP contribution in [0.1, 0.15) is 29.9 Å². The van der Waals surface area contributed by atoms with E-state index in [0.717, 1.165) is 23.2 Å². The number of halogens is 2. The van der Waals surface area contributed by atoms with Crippen LogP contribution in [0.3, 0.4) is 0 Å². The highest BCUT2D eigenvalue weighted by Crippen LogP contribution is 2.60. The highest BCUT2D eigenvalue weighted by atomic mass is 35.5. The van der Waals surface area contributed by atoms with Crippen molar-refractivity contribution >= 4 is 28.3 Å². The minimum Gasteiger partial charge on any atom is -0.382 e. The van der Waals surface area contributed by atoms with Crippen LogP contribution >= 0.6 is 11.6 Å². The van der Waals surface area contributed by atoms with Crippen LogP contribution in [0.4, 0.5) is 10.2 Å². The van der Waals surface area contributed by atoms with E-state index in [4.69, 9.17) is 17.3 Å². The molecule has 1 saturated carbocycles. The van der Waals surface area contributed by atoms with E-state index >= 15 is 4.39 Å². The van der Waals surface area contributed by atoms with Crippen molar-refractivity contribution in [1.29, 1.82) is 0 Å². The number of hydrogen-bond donors (Lipinski definition) is 3. The second kappa shape index (κ2) is 7.84. The maximum absolute atomic E-state index is 15.3. The largest absolute Gasteiger partial charge is 0.382 e. The fourth-order valence-corrected chi connectivity index (χ4v) is 6.05. The Bertz CT molecular complexity index is 1990. The summed E-state index contributed by atoms with van der Waals surface area (Å²) in [5.41, 5.74) is 9.89. The van der Waals surface area contributed by atoms with Gasteiger partial charge in [-0.2, -0.15) is 9.78 Å². The molecule has 6 aromatic rings. The Morgan fingerprint density at radius 3 is 2.87 bits per heavy atom. The topological polar surface area (TPSA) is 149 Å². The van der Waals surface area contributed by atoms with Gasteiger partial charge < -0.3 is 15.3 Å². The zero-order valence-electron chi connectivity index (χ0n) is 20.0. The van der Waals surface area contributed by atoms with Crippen LogP contribution in [0, 0.1) is 11.7 Å². The monoisotopic (exact) mass is 540 g/mol. The Labute approximate surface area is 223 Å². The zero-order valence-corrected chi connectivity index (χ0v) is 20.8. The highest BCUT2D eigenvalue weighted by molar-refractivity contribution is 6.31. The second-order valence-corrected chi connectivity index (χ2v) is 10.3. The number of H-pyrrole nitrogens is 2. The molecule has 4 N–H and O–H groups in total. The summed E-state index contributed by atoms with van der Waals surface area (Å²) in [5, 5.41) is 19.1. The third-order valence-corrected chi connectivity index (χ3v) is 7.97. The van der Waals surface area contributed by atoms with E-state index < -0.39 is 5.82 Å². The Balaban J connectivity index is 1.20. The summed E-state index contributed by atoms with van der Waals surface area (Å²) in [5.74, 6) is 0.847. The molecule has 11 nitrogen and oxygen atoms in total. The van der Waals surface area contributed by atoms with E-state index in [1.807, 2.05) is 12.1 Å². The van der Waals surface area contributed by atoms with Crippen molar-refractivity contribution in [1.82, 2.24) is 44.9 Å². The molecule has 4 aromatic heterocycles. The highest BCUT2D eigenvalue weighted by Gasteiger charge is 2.54. The number of nitrogens with one attached hydrogen (secondary N) is 2. The fraction of sp³-hybridized carbons (Fsp3) is 0.154. The molecule has 3 atom stereocenters. The molecule has 192 valence electrons. The van der Waals surface area contributed by atoms with Crippen LogP contribution in [0.2, 0.25) is 5.02 Å². The van der Waals surface area contributed by atoms with Crippen molar-refractivity contribution in [2.75, 3.05) is 5.73 Å². The summed E-state index contributed by atoms with van der Waals surface area (Å²) in [6, 6.07) is 12.1. The van der Waals surface area contributed by atoms with Crippen molar-refractivity contribution in [3.8, 4) is 28.1 Å². The predicted molar refractivity (Wildman–Crippen MR) is 141 cm³/mol. The first kappa shape index (κ1) is 22.2. The van der Waals surface area contributed by atoms with Gasteiger partial charge in [0.15, 0.2) is 11.6 Å². The second-order valence-electron chi connectivity index (χ2n) is 9.88. The minimum atomic E-state index is -0.468. The molecule has 0 radical (unpaired) electrons. The van der Waals surface area contributed by atoms with E-state index in [1.165, 1.54) is 11.0 Å².